The number of rotatable bonds is 5. The molecule has 4 heteroatoms. The lowest BCUT2D eigenvalue weighted by molar-refractivity contribution is 0.0976. The summed E-state index contributed by atoms with van der Waals surface area (Å²) in [6.07, 6.45) is 2.95. The van der Waals surface area contributed by atoms with Crippen molar-refractivity contribution in [2.24, 2.45) is 5.92 Å². The fraction of sp³-hybridized carbons (Fsp3) is 0.562. The van der Waals surface area contributed by atoms with Crippen molar-refractivity contribution in [2.75, 3.05) is 0 Å². The molecule has 0 unspecified atom stereocenters. The van der Waals surface area contributed by atoms with E-state index in [1.165, 1.54) is 0 Å². The van der Waals surface area contributed by atoms with Gasteiger partial charge in [-0.2, -0.15) is 0 Å². The van der Waals surface area contributed by atoms with E-state index in [1.807, 2.05) is 0 Å². The third-order valence-corrected chi connectivity index (χ3v) is 6.32. The summed E-state index contributed by atoms with van der Waals surface area (Å²) in [5, 5.41) is 0. The summed E-state index contributed by atoms with van der Waals surface area (Å²) in [7, 11) is -3.18. The number of sulfone groups is 1. The Bertz CT molecular complexity index is 588. The molecule has 0 aliphatic heterocycles. The minimum absolute atomic E-state index is 0.0214. The Morgan fingerprint density at radius 2 is 1.70 bits per heavy atom. The summed E-state index contributed by atoms with van der Waals surface area (Å²) in [5.41, 5.74) is 1.43. The highest BCUT2D eigenvalue weighted by Crippen LogP contribution is 2.33. The largest absolute Gasteiger partial charge is 0.294 e. The Morgan fingerprint density at radius 3 is 2.15 bits per heavy atom. The average molecular weight is 294 g/mol. The first kappa shape index (κ1) is 15.2. The fourth-order valence-corrected chi connectivity index (χ4v) is 2.99. The van der Waals surface area contributed by atoms with Crippen molar-refractivity contribution in [3.8, 4) is 0 Å². The van der Waals surface area contributed by atoms with Crippen LogP contribution in [0.2, 0.25) is 0 Å². The van der Waals surface area contributed by atoms with Crippen LogP contribution in [0.5, 0.6) is 0 Å². The van der Waals surface area contributed by atoms with Crippen LogP contribution >= 0.6 is 0 Å². The maximum Gasteiger partial charge on any atom is 0.163 e. The van der Waals surface area contributed by atoms with E-state index in [9.17, 15) is 13.2 Å². The minimum Gasteiger partial charge on any atom is -0.294 e. The number of hydrogen-bond donors (Lipinski definition) is 0. The van der Waals surface area contributed by atoms with Gasteiger partial charge in [0, 0.05) is 12.0 Å². The molecular formula is C16H22O3S. The Balaban J connectivity index is 2.06. The van der Waals surface area contributed by atoms with Crippen molar-refractivity contribution in [3.05, 3.63) is 35.4 Å². The van der Waals surface area contributed by atoms with Crippen LogP contribution in [0.4, 0.5) is 0 Å². The predicted octanol–water partition coefficient (Wildman–Crippen LogP) is 3.38. The molecule has 1 aromatic carbocycles. The topological polar surface area (TPSA) is 51.2 Å². The molecule has 3 nitrogen and oxygen atoms in total. The van der Waals surface area contributed by atoms with Crippen LogP contribution < -0.4 is 0 Å². The maximum absolute atomic E-state index is 12.1. The van der Waals surface area contributed by atoms with E-state index in [4.69, 9.17) is 0 Å². The van der Waals surface area contributed by atoms with Crippen molar-refractivity contribution in [1.29, 1.82) is 0 Å². The van der Waals surface area contributed by atoms with E-state index in [0.717, 1.165) is 18.4 Å². The first-order valence-corrected chi connectivity index (χ1v) is 8.69. The highest BCUT2D eigenvalue weighted by molar-refractivity contribution is 7.91. The number of carbonyl (C=O) groups is 1. The van der Waals surface area contributed by atoms with E-state index in [-0.39, 0.29) is 11.5 Å². The molecule has 1 aliphatic carbocycles. The number of carbonyl (C=O) groups excluding carboxylic acids is 1. The lowest BCUT2D eigenvalue weighted by atomic mass is 10.0. The predicted molar refractivity (Wildman–Crippen MR) is 80.5 cm³/mol. The summed E-state index contributed by atoms with van der Waals surface area (Å²) < 4.78 is 23.5. The van der Waals surface area contributed by atoms with E-state index in [1.54, 1.807) is 45.0 Å². The molecule has 1 aliphatic rings. The molecule has 0 aromatic heterocycles. The van der Waals surface area contributed by atoms with Gasteiger partial charge in [-0.1, -0.05) is 24.3 Å². The molecule has 0 atom stereocenters. The normalized spacial score (nSPS) is 16.1. The van der Waals surface area contributed by atoms with Gasteiger partial charge in [-0.25, -0.2) is 8.42 Å². The highest BCUT2D eigenvalue weighted by Gasteiger charge is 2.29. The monoisotopic (exact) mass is 294 g/mol. The van der Waals surface area contributed by atoms with Gasteiger partial charge in [-0.3, -0.25) is 4.79 Å². The molecule has 0 N–H and O–H groups in total. The van der Waals surface area contributed by atoms with Gasteiger partial charge in [0.25, 0.3) is 0 Å². The van der Waals surface area contributed by atoms with E-state index < -0.39 is 14.6 Å². The van der Waals surface area contributed by atoms with Crippen LogP contribution in [0, 0.1) is 5.92 Å². The lowest BCUT2D eigenvalue weighted by Crippen LogP contribution is -2.29. The molecular weight excluding hydrogens is 272 g/mol. The standard InChI is InChI=1S/C16H22O3S/c1-16(2,3)20(18,19)11-13-6-8-14(9-7-13)15(17)10-12-4-5-12/h6-9,12H,4-5,10-11H2,1-3H3. The molecule has 0 amide bonds. The van der Waals surface area contributed by atoms with Crippen molar-refractivity contribution in [1.82, 2.24) is 0 Å². The summed E-state index contributed by atoms with van der Waals surface area (Å²) >= 11 is 0. The number of benzene rings is 1. The third kappa shape index (κ3) is 3.69. The van der Waals surface area contributed by atoms with Gasteiger partial charge in [0.05, 0.1) is 10.5 Å². The molecule has 1 saturated carbocycles. The molecule has 0 heterocycles. The first-order chi connectivity index (χ1) is 9.19. The summed E-state index contributed by atoms with van der Waals surface area (Å²) in [4.78, 5) is 11.9. The van der Waals surface area contributed by atoms with Crippen molar-refractivity contribution < 1.29 is 13.2 Å². The van der Waals surface area contributed by atoms with Crippen molar-refractivity contribution in [2.45, 2.75) is 50.5 Å². The van der Waals surface area contributed by atoms with Gasteiger partial charge in [0.15, 0.2) is 15.6 Å². The second-order valence-corrected chi connectivity index (χ2v) is 9.38. The van der Waals surface area contributed by atoms with Crippen LogP contribution in [-0.2, 0) is 15.6 Å². The molecule has 110 valence electrons. The SMILES string of the molecule is CC(C)(C)S(=O)(=O)Cc1ccc(C(=O)CC2CC2)cc1. The summed E-state index contributed by atoms with van der Waals surface area (Å²) in [6, 6.07) is 7.00. The second kappa shape index (κ2) is 5.32. The van der Waals surface area contributed by atoms with E-state index in [2.05, 4.69) is 0 Å². The van der Waals surface area contributed by atoms with Gasteiger partial charge in [0.2, 0.25) is 0 Å². The maximum atomic E-state index is 12.1. The van der Waals surface area contributed by atoms with E-state index in [0.29, 0.717) is 17.9 Å². The molecule has 2 rings (SSSR count). The van der Waals surface area contributed by atoms with Crippen LogP contribution in [0.3, 0.4) is 0 Å². The zero-order chi connectivity index (χ0) is 15.0. The molecule has 0 radical (unpaired) electrons. The second-order valence-electron chi connectivity index (χ2n) is 6.64. The molecule has 0 bridgehead atoms. The minimum atomic E-state index is -3.18. The van der Waals surface area contributed by atoms with Gasteiger partial charge < -0.3 is 0 Å². The summed E-state index contributed by atoms with van der Waals surface area (Å²) in [5.74, 6) is 0.759. The van der Waals surface area contributed by atoms with Crippen molar-refractivity contribution >= 4 is 15.6 Å². The van der Waals surface area contributed by atoms with Crippen LogP contribution in [0.1, 0.15) is 56.0 Å². The molecule has 1 fully saturated rings. The van der Waals surface area contributed by atoms with Gasteiger partial charge in [0.1, 0.15) is 0 Å². The Kier molecular flexibility index (Phi) is 4.05. The Hall–Kier alpha value is -1.16. The van der Waals surface area contributed by atoms with Crippen LogP contribution in [0.25, 0.3) is 0 Å². The average Bonchev–Trinajstić information content (AvgIpc) is 3.11. The molecule has 1 aromatic rings. The fourth-order valence-electron chi connectivity index (χ4n) is 1.92. The lowest BCUT2D eigenvalue weighted by Gasteiger charge is -2.19. The first-order valence-electron chi connectivity index (χ1n) is 7.03. The molecule has 0 spiro atoms. The zero-order valence-electron chi connectivity index (χ0n) is 12.3. The third-order valence-electron chi connectivity index (χ3n) is 3.74. The number of Topliss-reactive ketones (excluding diaryl/α,β-unsaturated/α-hetero) is 1. The Labute approximate surface area is 121 Å². The van der Waals surface area contributed by atoms with Crippen LogP contribution in [-0.4, -0.2) is 18.9 Å². The van der Waals surface area contributed by atoms with Gasteiger partial charge >= 0.3 is 0 Å². The van der Waals surface area contributed by atoms with Gasteiger partial charge in [-0.05, 0) is 45.1 Å². The number of ketones is 1. The van der Waals surface area contributed by atoms with E-state index >= 15 is 0 Å². The Morgan fingerprint density at radius 1 is 1.15 bits per heavy atom. The smallest absolute Gasteiger partial charge is 0.163 e. The van der Waals surface area contributed by atoms with Gasteiger partial charge in [-0.15, -0.1) is 0 Å². The number of hydrogen-bond acceptors (Lipinski definition) is 3. The highest BCUT2D eigenvalue weighted by atomic mass is 32.2. The molecule has 20 heavy (non-hydrogen) atoms. The summed E-state index contributed by atoms with van der Waals surface area (Å²) in [6.45, 7) is 5.11. The quantitative estimate of drug-likeness (QED) is 0.782. The van der Waals surface area contributed by atoms with Crippen molar-refractivity contribution in [3.63, 3.8) is 0 Å². The van der Waals surface area contributed by atoms with Crippen LogP contribution in [0.15, 0.2) is 24.3 Å². The zero-order valence-corrected chi connectivity index (χ0v) is 13.2. The molecule has 0 saturated heterocycles.